The number of ether oxygens (including phenoxy) is 1. The number of nitrogens with one attached hydrogen (secondary N) is 1. The van der Waals surface area contributed by atoms with E-state index < -0.39 is 0 Å². The Bertz CT molecular complexity index is 857. The Morgan fingerprint density at radius 2 is 1.86 bits per heavy atom. The van der Waals surface area contributed by atoms with Crippen LogP contribution in [0.15, 0.2) is 48.5 Å². The van der Waals surface area contributed by atoms with Gasteiger partial charge in [-0.2, -0.15) is 0 Å². The Kier molecular flexibility index (Phi) is 6.13. The zero-order valence-corrected chi connectivity index (χ0v) is 16.7. The molecule has 0 aromatic heterocycles. The lowest BCUT2D eigenvalue weighted by molar-refractivity contribution is -0.117. The number of nitrogens with zero attached hydrogens (tertiary/aromatic N) is 1. The van der Waals surface area contributed by atoms with E-state index in [9.17, 15) is 9.59 Å². The van der Waals surface area contributed by atoms with E-state index in [-0.39, 0.29) is 11.8 Å². The summed E-state index contributed by atoms with van der Waals surface area (Å²) in [7, 11) is 0. The maximum Gasteiger partial charge on any atom is 0.227 e. The van der Waals surface area contributed by atoms with Crippen molar-refractivity contribution < 1.29 is 14.3 Å². The molecule has 5 nitrogen and oxygen atoms in total. The summed E-state index contributed by atoms with van der Waals surface area (Å²) in [5, 5.41) is 2.94. The molecule has 0 spiro atoms. The van der Waals surface area contributed by atoms with E-state index >= 15 is 0 Å². The number of carbonyl (C=O) groups excluding carboxylic acids is 2. The summed E-state index contributed by atoms with van der Waals surface area (Å²) in [6, 6.07) is 15.6. The van der Waals surface area contributed by atoms with Crippen LogP contribution in [0.2, 0.25) is 0 Å². The zero-order chi connectivity index (χ0) is 20.1. The first kappa shape index (κ1) is 19.5. The van der Waals surface area contributed by atoms with E-state index in [1.807, 2.05) is 48.5 Å². The second-order valence-electron chi connectivity index (χ2n) is 7.92. The van der Waals surface area contributed by atoms with Crippen molar-refractivity contribution in [1.29, 1.82) is 0 Å². The molecular formula is C24H28N2O3. The Labute approximate surface area is 172 Å². The van der Waals surface area contributed by atoms with Gasteiger partial charge < -0.3 is 15.0 Å². The fourth-order valence-corrected chi connectivity index (χ4v) is 4.10. The number of aryl methyl sites for hydroxylation is 1. The molecule has 0 unspecified atom stereocenters. The van der Waals surface area contributed by atoms with Crippen molar-refractivity contribution in [1.82, 2.24) is 0 Å². The molecule has 2 fully saturated rings. The third-order valence-electron chi connectivity index (χ3n) is 5.68. The van der Waals surface area contributed by atoms with E-state index in [0.29, 0.717) is 25.4 Å². The van der Waals surface area contributed by atoms with Crippen LogP contribution >= 0.6 is 0 Å². The molecular weight excluding hydrogens is 364 g/mol. The maximum absolute atomic E-state index is 12.3. The minimum atomic E-state index is -0.0166. The van der Waals surface area contributed by atoms with Gasteiger partial charge in [0.25, 0.3) is 0 Å². The standard InChI is InChI=1S/C24H28N2O3/c27-23(25-19-11-13-20(14-12-19)26-16-4-9-24(26)28)15-10-18-5-3-8-22(17-18)29-21-6-1-2-7-21/h3,5,8,11-14,17,21H,1-2,4,6-7,9-10,15-16H2,(H,25,27). The largest absolute Gasteiger partial charge is 0.490 e. The lowest BCUT2D eigenvalue weighted by Crippen LogP contribution is -2.23. The Hall–Kier alpha value is -2.82. The lowest BCUT2D eigenvalue weighted by atomic mass is 10.1. The highest BCUT2D eigenvalue weighted by Crippen LogP contribution is 2.25. The van der Waals surface area contributed by atoms with Crippen molar-refractivity contribution in [2.24, 2.45) is 0 Å². The molecule has 2 amide bonds. The molecule has 0 atom stereocenters. The van der Waals surface area contributed by atoms with Gasteiger partial charge in [-0.05, 0) is 80.5 Å². The van der Waals surface area contributed by atoms with Crippen LogP contribution < -0.4 is 15.0 Å². The summed E-state index contributed by atoms with van der Waals surface area (Å²) in [6.07, 6.45) is 7.73. The fourth-order valence-electron chi connectivity index (χ4n) is 4.10. The molecule has 152 valence electrons. The minimum absolute atomic E-state index is 0.0166. The second-order valence-corrected chi connectivity index (χ2v) is 7.92. The monoisotopic (exact) mass is 392 g/mol. The van der Waals surface area contributed by atoms with E-state index in [4.69, 9.17) is 4.74 Å². The van der Waals surface area contributed by atoms with Gasteiger partial charge in [0.1, 0.15) is 5.75 Å². The van der Waals surface area contributed by atoms with Crippen molar-refractivity contribution in [3.63, 3.8) is 0 Å². The Morgan fingerprint density at radius 3 is 2.59 bits per heavy atom. The Morgan fingerprint density at radius 1 is 1.07 bits per heavy atom. The van der Waals surface area contributed by atoms with E-state index in [1.165, 1.54) is 12.8 Å². The van der Waals surface area contributed by atoms with Crippen LogP contribution in [0.25, 0.3) is 0 Å². The van der Waals surface area contributed by atoms with Gasteiger partial charge in [0.2, 0.25) is 11.8 Å². The quantitative estimate of drug-likeness (QED) is 0.743. The maximum atomic E-state index is 12.3. The molecule has 1 aliphatic heterocycles. The molecule has 5 heteroatoms. The SMILES string of the molecule is O=C(CCc1cccc(OC2CCCC2)c1)Nc1ccc(N2CCCC2=O)cc1. The van der Waals surface area contributed by atoms with Gasteiger partial charge in [-0.25, -0.2) is 0 Å². The molecule has 1 heterocycles. The van der Waals surface area contributed by atoms with Crippen LogP contribution in [-0.2, 0) is 16.0 Å². The number of carbonyl (C=O) groups is 2. The van der Waals surface area contributed by atoms with E-state index in [2.05, 4.69) is 5.32 Å². The highest BCUT2D eigenvalue weighted by molar-refractivity contribution is 5.96. The molecule has 1 saturated carbocycles. The highest BCUT2D eigenvalue weighted by atomic mass is 16.5. The van der Waals surface area contributed by atoms with Crippen LogP contribution in [0.4, 0.5) is 11.4 Å². The average molecular weight is 392 g/mol. The summed E-state index contributed by atoms with van der Waals surface area (Å²) in [5.41, 5.74) is 2.76. The predicted octanol–water partition coefficient (Wildman–Crippen LogP) is 4.71. The summed E-state index contributed by atoms with van der Waals surface area (Å²) in [5.74, 6) is 1.06. The number of anilines is 2. The van der Waals surface area contributed by atoms with Gasteiger partial charge >= 0.3 is 0 Å². The molecule has 0 radical (unpaired) electrons. The predicted molar refractivity (Wildman–Crippen MR) is 114 cm³/mol. The third-order valence-corrected chi connectivity index (χ3v) is 5.68. The summed E-state index contributed by atoms with van der Waals surface area (Å²) in [4.78, 5) is 26.0. The highest BCUT2D eigenvalue weighted by Gasteiger charge is 2.21. The van der Waals surface area contributed by atoms with Crippen LogP contribution in [0.3, 0.4) is 0 Å². The molecule has 1 aliphatic carbocycles. The normalized spacial score (nSPS) is 17.0. The minimum Gasteiger partial charge on any atom is -0.490 e. The lowest BCUT2D eigenvalue weighted by Gasteiger charge is -2.16. The zero-order valence-electron chi connectivity index (χ0n) is 16.7. The van der Waals surface area contributed by atoms with Crippen molar-refractivity contribution in [3.05, 3.63) is 54.1 Å². The van der Waals surface area contributed by atoms with Crippen molar-refractivity contribution in [2.75, 3.05) is 16.8 Å². The molecule has 1 saturated heterocycles. The Balaban J connectivity index is 1.27. The molecule has 0 bridgehead atoms. The van der Waals surface area contributed by atoms with Crippen LogP contribution in [0.1, 0.15) is 50.5 Å². The van der Waals surface area contributed by atoms with Crippen molar-refractivity contribution in [2.45, 2.75) is 57.5 Å². The first-order valence-corrected chi connectivity index (χ1v) is 10.6. The number of rotatable bonds is 7. The van der Waals surface area contributed by atoms with E-state index in [1.54, 1.807) is 4.90 Å². The van der Waals surface area contributed by atoms with Crippen LogP contribution in [0, 0.1) is 0 Å². The van der Waals surface area contributed by atoms with Crippen molar-refractivity contribution >= 4 is 23.2 Å². The molecule has 2 aromatic carbocycles. The second kappa shape index (κ2) is 9.12. The molecule has 4 rings (SSSR count). The first-order valence-electron chi connectivity index (χ1n) is 10.6. The number of amides is 2. The van der Waals surface area contributed by atoms with Gasteiger partial charge in [-0.1, -0.05) is 12.1 Å². The van der Waals surface area contributed by atoms with E-state index in [0.717, 1.165) is 48.5 Å². The fraction of sp³-hybridized carbons (Fsp3) is 0.417. The molecule has 2 aliphatic rings. The molecule has 29 heavy (non-hydrogen) atoms. The average Bonchev–Trinajstić information content (AvgIpc) is 3.39. The van der Waals surface area contributed by atoms with Gasteiger partial charge in [-0.15, -0.1) is 0 Å². The summed E-state index contributed by atoms with van der Waals surface area (Å²) in [6.45, 7) is 0.772. The number of hydrogen-bond acceptors (Lipinski definition) is 3. The summed E-state index contributed by atoms with van der Waals surface area (Å²) >= 11 is 0. The third kappa shape index (κ3) is 5.17. The van der Waals surface area contributed by atoms with Crippen LogP contribution in [0.5, 0.6) is 5.75 Å². The van der Waals surface area contributed by atoms with Gasteiger partial charge in [0.15, 0.2) is 0 Å². The molecule has 2 aromatic rings. The van der Waals surface area contributed by atoms with Gasteiger partial charge in [0.05, 0.1) is 6.10 Å². The van der Waals surface area contributed by atoms with Crippen LogP contribution in [-0.4, -0.2) is 24.5 Å². The number of hydrogen-bond donors (Lipinski definition) is 1. The van der Waals surface area contributed by atoms with Gasteiger partial charge in [0, 0.05) is 30.8 Å². The first-order chi connectivity index (χ1) is 14.2. The molecule has 1 N–H and O–H groups in total. The summed E-state index contributed by atoms with van der Waals surface area (Å²) < 4.78 is 6.05. The topological polar surface area (TPSA) is 58.6 Å². The van der Waals surface area contributed by atoms with Crippen molar-refractivity contribution in [3.8, 4) is 5.75 Å². The smallest absolute Gasteiger partial charge is 0.227 e. The van der Waals surface area contributed by atoms with Gasteiger partial charge in [-0.3, -0.25) is 9.59 Å². The number of benzene rings is 2.